The lowest BCUT2D eigenvalue weighted by Gasteiger charge is -2.55. The predicted octanol–water partition coefficient (Wildman–Crippen LogP) is 4.27. The number of nitrogens with one attached hydrogen (secondary N) is 2. The van der Waals surface area contributed by atoms with Gasteiger partial charge in [-0.15, -0.1) is 10.2 Å². The van der Waals surface area contributed by atoms with Crippen LogP contribution in [-0.4, -0.2) is 49.7 Å². The van der Waals surface area contributed by atoms with Gasteiger partial charge in [0.05, 0.1) is 17.5 Å². The molecule has 3 atom stereocenters. The van der Waals surface area contributed by atoms with E-state index in [9.17, 15) is 9.50 Å². The summed E-state index contributed by atoms with van der Waals surface area (Å²) >= 11 is 0. The molecule has 0 saturated carbocycles. The Bertz CT molecular complexity index is 1080. The van der Waals surface area contributed by atoms with E-state index < -0.39 is 5.82 Å². The van der Waals surface area contributed by atoms with Gasteiger partial charge >= 0.3 is 0 Å². The molecule has 0 amide bonds. The third-order valence-corrected chi connectivity index (χ3v) is 7.15. The van der Waals surface area contributed by atoms with E-state index >= 15 is 0 Å². The van der Waals surface area contributed by atoms with Gasteiger partial charge in [0.1, 0.15) is 11.6 Å². The number of rotatable bonds is 4. The Hall–Kier alpha value is -3.00. The Morgan fingerprint density at radius 2 is 1.84 bits per heavy atom. The van der Waals surface area contributed by atoms with Crippen LogP contribution in [0.25, 0.3) is 22.4 Å². The zero-order valence-electron chi connectivity index (χ0n) is 18.7. The maximum Gasteiger partial charge on any atom is 0.151 e. The molecular weight excluding hydrogens is 407 g/mol. The highest BCUT2D eigenvalue weighted by Crippen LogP contribution is 2.42. The summed E-state index contributed by atoms with van der Waals surface area (Å²) < 4.78 is 14.9. The average molecular weight is 437 g/mol. The SMILES string of the molecule is CN(c1ccc(-c2c(O)cc(-c3cn[nH]c3)cc2F)nn1)C1C[C@]2(C)CCC[C@](C)(C1)N2. The molecular formula is C24H29FN6O. The van der Waals surface area contributed by atoms with Crippen molar-refractivity contribution in [3.8, 4) is 28.1 Å². The fourth-order valence-electron chi connectivity index (χ4n) is 5.67. The van der Waals surface area contributed by atoms with Gasteiger partial charge in [-0.25, -0.2) is 4.39 Å². The molecule has 2 bridgehead atoms. The van der Waals surface area contributed by atoms with Crippen molar-refractivity contribution < 1.29 is 9.50 Å². The highest BCUT2D eigenvalue weighted by atomic mass is 19.1. The van der Waals surface area contributed by atoms with Crippen LogP contribution in [0.5, 0.6) is 5.75 Å². The summed E-state index contributed by atoms with van der Waals surface area (Å²) in [5.41, 5.74) is 1.88. The quantitative estimate of drug-likeness (QED) is 0.566. The lowest BCUT2D eigenvalue weighted by atomic mass is 9.69. The minimum atomic E-state index is -0.552. The first-order valence-corrected chi connectivity index (χ1v) is 11.1. The predicted molar refractivity (Wildman–Crippen MR) is 122 cm³/mol. The summed E-state index contributed by atoms with van der Waals surface area (Å²) in [6.45, 7) is 4.63. The summed E-state index contributed by atoms with van der Waals surface area (Å²) in [6.07, 6.45) is 8.96. The van der Waals surface area contributed by atoms with Gasteiger partial charge in [0.15, 0.2) is 5.82 Å². The van der Waals surface area contributed by atoms with Crippen LogP contribution in [-0.2, 0) is 0 Å². The number of aromatic nitrogens is 4. The molecule has 1 aromatic carbocycles. The van der Waals surface area contributed by atoms with Crippen molar-refractivity contribution in [3.05, 3.63) is 42.5 Å². The summed E-state index contributed by atoms with van der Waals surface area (Å²) in [7, 11) is 2.06. The Labute approximate surface area is 187 Å². The fraction of sp³-hybridized carbons (Fsp3) is 0.458. The summed E-state index contributed by atoms with van der Waals surface area (Å²) in [6, 6.07) is 6.82. The van der Waals surface area contributed by atoms with Gasteiger partial charge in [-0.3, -0.25) is 5.10 Å². The van der Waals surface area contributed by atoms with E-state index in [1.165, 1.54) is 31.4 Å². The number of anilines is 1. The molecule has 2 saturated heterocycles. The first-order valence-electron chi connectivity index (χ1n) is 11.1. The van der Waals surface area contributed by atoms with Crippen molar-refractivity contribution in [1.29, 1.82) is 0 Å². The summed E-state index contributed by atoms with van der Waals surface area (Å²) in [4.78, 5) is 2.19. The van der Waals surface area contributed by atoms with Crippen LogP contribution in [0.2, 0.25) is 0 Å². The Morgan fingerprint density at radius 3 is 2.44 bits per heavy atom. The van der Waals surface area contributed by atoms with Gasteiger partial charge in [0.2, 0.25) is 0 Å². The van der Waals surface area contributed by atoms with E-state index in [0.717, 1.165) is 18.7 Å². The molecule has 32 heavy (non-hydrogen) atoms. The van der Waals surface area contributed by atoms with E-state index in [0.29, 0.717) is 22.9 Å². The molecule has 0 radical (unpaired) electrons. The van der Waals surface area contributed by atoms with Crippen LogP contribution < -0.4 is 10.2 Å². The van der Waals surface area contributed by atoms with Crippen LogP contribution in [0.15, 0.2) is 36.7 Å². The Morgan fingerprint density at radius 1 is 1.09 bits per heavy atom. The second-order valence-corrected chi connectivity index (χ2v) is 9.89. The molecule has 5 rings (SSSR count). The molecule has 4 heterocycles. The van der Waals surface area contributed by atoms with E-state index in [1.54, 1.807) is 18.5 Å². The monoisotopic (exact) mass is 436 g/mol. The van der Waals surface area contributed by atoms with Crippen LogP contribution in [0, 0.1) is 5.82 Å². The smallest absolute Gasteiger partial charge is 0.151 e. The number of phenolic OH excluding ortho intramolecular Hbond substituents is 1. The van der Waals surface area contributed by atoms with Crippen molar-refractivity contribution in [2.75, 3.05) is 11.9 Å². The van der Waals surface area contributed by atoms with E-state index in [1.807, 2.05) is 6.07 Å². The average Bonchev–Trinajstić information content (AvgIpc) is 3.27. The first kappa shape index (κ1) is 20.9. The first-order chi connectivity index (χ1) is 15.3. The van der Waals surface area contributed by atoms with Gasteiger partial charge in [0, 0.05) is 35.9 Å². The van der Waals surface area contributed by atoms with Gasteiger partial charge in [0.25, 0.3) is 0 Å². The topological polar surface area (TPSA) is 90.0 Å². The molecule has 3 aromatic rings. The largest absolute Gasteiger partial charge is 0.507 e. The van der Waals surface area contributed by atoms with Crippen molar-refractivity contribution in [2.45, 2.75) is 63.1 Å². The molecule has 2 aliphatic heterocycles. The van der Waals surface area contributed by atoms with Crippen LogP contribution in [0.4, 0.5) is 10.2 Å². The molecule has 1 unspecified atom stereocenters. The zero-order chi connectivity index (χ0) is 22.5. The third kappa shape index (κ3) is 3.72. The molecule has 7 nitrogen and oxygen atoms in total. The molecule has 0 aliphatic carbocycles. The van der Waals surface area contributed by atoms with Crippen molar-refractivity contribution in [3.63, 3.8) is 0 Å². The lowest BCUT2D eigenvalue weighted by Crippen LogP contribution is -2.66. The number of hydrogen-bond acceptors (Lipinski definition) is 6. The molecule has 8 heteroatoms. The minimum absolute atomic E-state index is 0.0513. The van der Waals surface area contributed by atoms with Crippen molar-refractivity contribution in [1.82, 2.24) is 25.7 Å². The number of H-pyrrole nitrogens is 1. The fourth-order valence-corrected chi connectivity index (χ4v) is 5.67. The summed E-state index contributed by atoms with van der Waals surface area (Å²) in [5.74, 6) is 0.0214. The van der Waals surface area contributed by atoms with Crippen molar-refractivity contribution >= 4 is 5.82 Å². The molecule has 0 spiro atoms. The maximum atomic E-state index is 14.9. The molecule has 2 aliphatic rings. The number of halogens is 1. The molecule has 2 fully saturated rings. The number of aromatic hydroxyl groups is 1. The van der Waals surface area contributed by atoms with Gasteiger partial charge in [-0.2, -0.15) is 5.10 Å². The van der Waals surface area contributed by atoms with Crippen molar-refractivity contribution in [2.24, 2.45) is 0 Å². The van der Waals surface area contributed by atoms with E-state index in [4.69, 9.17) is 0 Å². The number of benzene rings is 1. The van der Waals surface area contributed by atoms with E-state index in [-0.39, 0.29) is 22.4 Å². The van der Waals surface area contributed by atoms with Gasteiger partial charge in [-0.1, -0.05) is 0 Å². The minimum Gasteiger partial charge on any atom is -0.507 e. The third-order valence-electron chi connectivity index (χ3n) is 7.15. The highest BCUT2D eigenvalue weighted by Gasteiger charge is 2.46. The lowest BCUT2D eigenvalue weighted by molar-refractivity contribution is 0.0784. The van der Waals surface area contributed by atoms with Crippen LogP contribution >= 0.6 is 0 Å². The van der Waals surface area contributed by atoms with Gasteiger partial charge in [-0.05, 0) is 75.8 Å². The number of phenols is 1. The Balaban J connectivity index is 1.39. The van der Waals surface area contributed by atoms with Crippen LogP contribution in [0.3, 0.4) is 0 Å². The molecule has 168 valence electrons. The number of piperidine rings is 2. The number of hydrogen-bond donors (Lipinski definition) is 3. The standard InChI is InChI=1S/C24H29FN6O/c1-23-7-4-8-24(2,30-23)12-17(11-23)31(3)21-6-5-19(28-29-21)22-18(25)9-15(10-20(22)32)16-13-26-27-14-16/h5-6,9-10,13-14,17,30,32H,4,7-8,11-12H2,1-3H3,(H,26,27)/t17?,23-,24+. The van der Waals surface area contributed by atoms with Crippen LogP contribution in [0.1, 0.15) is 46.0 Å². The number of nitrogens with zero attached hydrogens (tertiary/aromatic N) is 4. The highest BCUT2D eigenvalue weighted by molar-refractivity contribution is 5.74. The van der Waals surface area contributed by atoms with Gasteiger partial charge < -0.3 is 15.3 Å². The second-order valence-electron chi connectivity index (χ2n) is 9.89. The van der Waals surface area contributed by atoms with E-state index in [2.05, 4.69) is 51.5 Å². The summed E-state index contributed by atoms with van der Waals surface area (Å²) in [5, 5.41) is 29.6. The maximum absolute atomic E-state index is 14.9. The zero-order valence-corrected chi connectivity index (χ0v) is 18.7. The normalized spacial score (nSPS) is 27.3. The number of aromatic amines is 1. The molecule has 2 aromatic heterocycles. The number of fused-ring (bicyclic) bond motifs is 2. The second kappa shape index (κ2) is 7.55. The molecule has 3 N–H and O–H groups in total. The Kier molecular flexibility index (Phi) is 4.93.